The average Bonchev–Trinajstić information content (AvgIpc) is 2.55. The molecule has 7 heteroatoms. The van der Waals surface area contributed by atoms with Crippen molar-refractivity contribution in [1.82, 2.24) is 4.90 Å². The van der Waals surface area contributed by atoms with Crippen molar-refractivity contribution in [3.8, 4) is 0 Å². The first kappa shape index (κ1) is 17.5. The third kappa shape index (κ3) is 3.58. The van der Waals surface area contributed by atoms with Crippen LogP contribution >= 0.6 is 11.8 Å². The summed E-state index contributed by atoms with van der Waals surface area (Å²) in [5.74, 6) is 1.87. The van der Waals surface area contributed by atoms with Gasteiger partial charge in [0.25, 0.3) is 0 Å². The quantitative estimate of drug-likeness (QED) is 0.810. The van der Waals surface area contributed by atoms with Crippen molar-refractivity contribution < 1.29 is 13.2 Å². The van der Waals surface area contributed by atoms with E-state index in [0.717, 1.165) is 38.0 Å². The third-order valence-electron chi connectivity index (χ3n) is 5.09. The Morgan fingerprint density at radius 3 is 2.57 bits per heavy atom. The highest BCUT2D eigenvalue weighted by Crippen LogP contribution is 2.38. The Balaban J connectivity index is 2.22. The fraction of sp³-hybridized carbons (Fsp3) is 1.00. The Labute approximate surface area is 132 Å². The fourth-order valence-corrected chi connectivity index (χ4v) is 6.68. The monoisotopic (exact) mass is 336 g/mol. The minimum Gasteiger partial charge on any atom is -0.381 e. The van der Waals surface area contributed by atoms with Crippen molar-refractivity contribution in [2.75, 3.05) is 37.5 Å². The number of sulfone groups is 1. The Kier molecular flexibility index (Phi) is 5.99. The maximum atomic E-state index is 12.5. The molecule has 0 spiro atoms. The van der Waals surface area contributed by atoms with Crippen LogP contribution < -0.4 is 5.73 Å². The van der Waals surface area contributed by atoms with Crippen molar-refractivity contribution in [3.63, 3.8) is 0 Å². The number of ether oxygens (including phenoxy) is 1. The predicted octanol–water partition coefficient (Wildman–Crippen LogP) is 1.08. The molecule has 2 aliphatic rings. The molecule has 1 unspecified atom stereocenters. The van der Waals surface area contributed by atoms with E-state index < -0.39 is 9.84 Å². The maximum Gasteiger partial charge on any atom is 0.166 e. The van der Waals surface area contributed by atoms with E-state index in [2.05, 4.69) is 4.90 Å². The van der Waals surface area contributed by atoms with E-state index >= 15 is 0 Å². The van der Waals surface area contributed by atoms with Gasteiger partial charge >= 0.3 is 0 Å². The van der Waals surface area contributed by atoms with Gasteiger partial charge in [-0.25, -0.2) is 8.42 Å². The lowest BCUT2D eigenvalue weighted by atomic mass is 9.79. The van der Waals surface area contributed by atoms with Gasteiger partial charge in [-0.2, -0.15) is 11.8 Å². The molecule has 0 aromatic heterocycles. The molecule has 0 bridgehead atoms. The van der Waals surface area contributed by atoms with Crippen LogP contribution in [-0.4, -0.2) is 67.8 Å². The normalized spacial score (nSPS) is 35.8. The number of thioether (sulfide) groups is 1. The highest BCUT2D eigenvalue weighted by atomic mass is 32.2. The van der Waals surface area contributed by atoms with E-state index in [-0.39, 0.29) is 16.7 Å². The zero-order valence-corrected chi connectivity index (χ0v) is 14.7. The molecular formula is C14H28N2O3S2. The Morgan fingerprint density at radius 2 is 2.05 bits per heavy atom. The third-order valence-corrected chi connectivity index (χ3v) is 8.38. The zero-order valence-electron chi connectivity index (χ0n) is 13.1. The number of rotatable bonds is 5. The average molecular weight is 337 g/mol. The molecule has 1 atom stereocenters. The molecule has 0 aromatic rings. The van der Waals surface area contributed by atoms with E-state index in [1.165, 1.54) is 0 Å². The molecule has 124 valence electrons. The number of nitrogens with zero attached hydrogens (tertiary/aromatic N) is 1. The van der Waals surface area contributed by atoms with Crippen molar-refractivity contribution in [3.05, 3.63) is 0 Å². The molecule has 1 heterocycles. The number of hydrogen-bond donors (Lipinski definition) is 1. The van der Waals surface area contributed by atoms with Crippen LogP contribution in [0.4, 0.5) is 0 Å². The van der Waals surface area contributed by atoms with Gasteiger partial charge in [0.15, 0.2) is 9.84 Å². The van der Waals surface area contributed by atoms with Crippen LogP contribution in [0.15, 0.2) is 0 Å². The van der Waals surface area contributed by atoms with E-state index in [0.29, 0.717) is 18.4 Å². The molecular weight excluding hydrogens is 308 g/mol. The van der Waals surface area contributed by atoms with Crippen LogP contribution in [0.5, 0.6) is 0 Å². The first-order valence-electron chi connectivity index (χ1n) is 7.78. The lowest BCUT2D eigenvalue weighted by Crippen LogP contribution is -2.64. The van der Waals surface area contributed by atoms with Crippen LogP contribution in [0.25, 0.3) is 0 Å². The summed E-state index contributed by atoms with van der Waals surface area (Å²) < 4.78 is 30.4. The highest BCUT2D eigenvalue weighted by molar-refractivity contribution is 8.01. The van der Waals surface area contributed by atoms with Gasteiger partial charge in [0.2, 0.25) is 0 Å². The van der Waals surface area contributed by atoms with E-state index in [9.17, 15) is 8.42 Å². The summed E-state index contributed by atoms with van der Waals surface area (Å²) in [5.41, 5.74) is 5.96. The first-order chi connectivity index (χ1) is 9.99. The summed E-state index contributed by atoms with van der Waals surface area (Å²) in [6, 6.07) is 0. The second-order valence-corrected chi connectivity index (χ2v) is 9.64. The van der Waals surface area contributed by atoms with Crippen LogP contribution in [0, 0.1) is 0 Å². The molecule has 2 N–H and O–H groups in total. The minimum absolute atomic E-state index is 0.164. The van der Waals surface area contributed by atoms with Crippen molar-refractivity contribution in [2.45, 2.75) is 49.6 Å². The first-order valence-corrected chi connectivity index (χ1v) is 10.6. The molecule has 1 aliphatic carbocycles. The minimum atomic E-state index is -3.07. The SMILES string of the molecule is CCS(=O)(=O)C1CSCCN1C1(CN)CCC(OC)CC1. The molecule has 5 nitrogen and oxygen atoms in total. The van der Waals surface area contributed by atoms with Gasteiger partial charge in [0, 0.05) is 43.0 Å². The largest absolute Gasteiger partial charge is 0.381 e. The van der Waals surface area contributed by atoms with E-state index in [1.54, 1.807) is 25.8 Å². The van der Waals surface area contributed by atoms with E-state index in [4.69, 9.17) is 10.5 Å². The lowest BCUT2D eigenvalue weighted by Gasteiger charge is -2.51. The predicted molar refractivity (Wildman–Crippen MR) is 88.3 cm³/mol. The van der Waals surface area contributed by atoms with Crippen LogP contribution in [0.1, 0.15) is 32.6 Å². The Bertz CT molecular complexity index is 434. The molecule has 0 amide bonds. The summed E-state index contributed by atoms with van der Waals surface area (Å²) >= 11 is 1.74. The van der Waals surface area contributed by atoms with Crippen LogP contribution in [0.3, 0.4) is 0 Å². The van der Waals surface area contributed by atoms with Crippen molar-refractivity contribution in [1.29, 1.82) is 0 Å². The number of nitrogens with two attached hydrogens (primary N) is 1. The molecule has 0 aromatic carbocycles. The van der Waals surface area contributed by atoms with E-state index in [1.807, 2.05) is 0 Å². The number of methoxy groups -OCH3 is 1. The van der Waals surface area contributed by atoms with Crippen molar-refractivity contribution >= 4 is 21.6 Å². The smallest absolute Gasteiger partial charge is 0.166 e. The zero-order chi connectivity index (χ0) is 15.5. The van der Waals surface area contributed by atoms with Crippen LogP contribution in [-0.2, 0) is 14.6 Å². The molecule has 1 aliphatic heterocycles. The second kappa shape index (κ2) is 7.17. The van der Waals surface area contributed by atoms with Gasteiger partial charge < -0.3 is 10.5 Å². The summed E-state index contributed by atoms with van der Waals surface area (Å²) in [6.07, 6.45) is 4.10. The van der Waals surface area contributed by atoms with Crippen LogP contribution in [0.2, 0.25) is 0 Å². The lowest BCUT2D eigenvalue weighted by molar-refractivity contribution is -0.00891. The Hall–Kier alpha value is 0.180. The molecule has 2 rings (SSSR count). The van der Waals surface area contributed by atoms with Gasteiger partial charge in [0.1, 0.15) is 5.37 Å². The summed E-state index contributed by atoms with van der Waals surface area (Å²) in [7, 11) is -1.32. The second-order valence-electron chi connectivity index (χ2n) is 6.04. The molecule has 1 saturated heterocycles. The Morgan fingerprint density at radius 1 is 1.38 bits per heavy atom. The number of hydrogen-bond acceptors (Lipinski definition) is 6. The van der Waals surface area contributed by atoms with Gasteiger partial charge in [-0.15, -0.1) is 0 Å². The standard InChI is InChI=1S/C14H28N2O3S2/c1-3-21(17,18)13-10-20-9-8-16(13)14(11-15)6-4-12(19-2)5-7-14/h12-13H,3-11,15H2,1-2H3. The molecule has 2 fully saturated rings. The van der Waals surface area contributed by atoms with Crippen molar-refractivity contribution in [2.24, 2.45) is 5.73 Å². The summed E-state index contributed by atoms with van der Waals surface area (Å²) in [5, 5.41) is -0.371. The van der Waals surface area contributed by atoms with Gasteiger partial charge in [-0.3, -0.25) is 4.90 Å². The fourth-order valence-electron chi connectivity index (χ4n) is 3.59. The van der Waals surface area contributed by atoms with Gasteiger partial charge in [-0.05, 0) is 25.7 Å². The van der Waals surface area contributed by atoms with Gasteiger partial charge in [-0.1, -0.05) is 6.92 Å². The maximum absolute atomic E-state index is 12.5. The summed E-state index contributed by atoms with van der Waals surface area (Å²) in [6.45, 7) is 3.09. The topological polar surface area (TPSA) is 72.6 Å². The van der Waals surface area contributed by atoms with Gasteiger partial charge in [0.05, 0.1) is 6.10 Å². The molecule has 0 radical (unpaired) electrons. The summed E-state index contributed by atoms with van der Waals surface area (Å²) in [4.78, 5) is 2.22. The molecule has 21 heavy (non-hydrogen) atoms. The molecule has 1 saturated carbocycles. The highest BCUT2D eigenvalue weighted by Gasteiger charge is 2.46.